The minimum atomic E-state index is -1.20. The van der Waals surface area contributed by atoms with Gasteiger partial charge in [0.15, 0.2) is 0 Å². The Bertz CT molecular complexity index is 822. The van der Waals surface area contributed by atoms with E-state index in [1.54, 1.807) is 36.0 Å². The van der Waals surface area contributed by atoms with E-state index >= 15 is 0 Å². The maximum Gasteiger partial charge on any atom is 0.325 e. The van der Waals surface area contributed by atoms with Gasteiger partial charge in [0.05, 0.1) is 28.5 Å². The van der Waals surface area contributed by atoms with Crippen molar-refractivity contribution in [1.82, 2.24) is 25.2 Å². The molecular weight excluding hydrogens is 353 g/mol. The van der Waals surface area contributed by atoms with Crippen LogP contribution in [-0.4, -0.2) is 31.8 Å². The Morgan fingerprint density at radius 1 is 1.25 bits per heavy atom. The van der Waals surface area contributed by atoms with Crippen molar-refractivity contribution in [2.24, 2.45) is 0 Å². The van der Waals surface area contributed by atoms with Gasteiger partial charge in [-0.1, -0.05) is 34.5 Å². The van der Waals surface area contributed by atoms with E-state index in [0.29, 0.717) is 27.8 Å². The van der Waals surface area contributed by atoms with Crippen molar-refractivity contribution >= 4 is 35.1 Å². The number of aromatic nitrogens is 3. The molecule has 1 N–H and O–H groups in total. The number of hydrogen-bond acceptors (Lipinski definition) is 4. The highest BCUT2D eigenvalue weighted by Crippen LogP contribution is 2.33. The molecule has 0 saturated carbocycles. The number of halogens is 2. The lowest BCUT2D eigenvalue weighted by Crippen LogP contribution is -2.40. The van der Waals surface area contributed by atoms with Crippen molar-refractivity contribution in [2.45, 2.75) is 32.5 Å². The normalized spacial score (nSPS) is 20.6. The fraction of sp³-hybridized carbons (Fsp3) is 0.333. The van der Waals surface area contributed by atoms with Crippen molar-refractivity contribution in [1.29, 1.82) is 0 Å². The molecule has 3 amide bonds. The first kappa shape index (κ1) is 16.7. The molecule has 0 spiro atoms. The fourth-order valence-corrected chi connectivity index (χ4v) is 2.97. The van der Waals surface area contributed by atoms with Crippen LogP contribution in [-0.2, 0) is 23.4 Å². The number of nitrogens with zero attached hydrogens (tertiary/aromatic N) is 4. The minimum absolute atomic E-state index is 0.0996. The molecule has 1 aromatic carbocycles. The minimum Gasteiger partial charge on any atom is -0.319 e. The Labute approximate surface area is 148 Å². The maximum absolute atomic E-state index is 12.9. The first-order valence-corrected chi connectivity index (χ1v) is 8.09. The number of aryl methyl sites for hydroxylation is 1. The second-order valence-electron chi connectivity index (χ2n) is 5.62. The van der Waals surface area contributed by atoms with E-state index in [1.807, 2.05) is 6.92 Å². The lowest BCUT2D eigenvalue weighted by molar-refractivity contribution is -0.131. The fourth-order valence-electron chi connectivity index (χ4n) is 2.67. The zero-order chi connectivity index (χ0) is 17.5. The molecule has 0 radical (unpaired) electrons. The zero-order valence-corrected chi connectivity index (χ0v) is 14.6. The van der Waals surface area contributed by atoms with Gasteiger partial charge in [-0.2, -0.15) is 0 Å². The second kappa shape index (κ2) is 6.07. The molecule has 0 unspecified atom stereocenters. The molecule has 3 rings (SSSR count). The molecule has 126 valence electrons. The summed E-state index contributed by atoms with van der Waals surface area (Å²) >= 11 is 12.0. The third-order valence-corrected chi connectivity index (χ3v) is 4.83. The van der Waals surface area contributed by atoms with E-state index in [-0.39, 0.29) is 12.5 Å². The molecule has 1 aliphatic rings. The number of carbonyl (C=O) groups excluding carboxylic acids is 2. The van der Waals surface area contributed by atoms with E-state index in [9.17, 15) is 9.59 Å². The molecule has 2 heterocycles. The van der Waals surface area contributed by atoms with Gasteiger partial charge in [-0.05, 0) is 31.5 Å². The Kier molecular flexibility index (Phi) is 4.23. The third-order valence-electron chi connectivity index (χ3n) is 4.09. The van der Waals surface area contributed by atoms with Gasteiger partial charge in [0.25, 0.3) is 5.91 Å². The smallest absolute Gasteiger partial charge is 0.319 e. The van der Waals surface area contributed by atoms with Crippen LogP contribution >= 0.6 is 23.2 Å². The lowest BCUT2D eigenvalue weighted by atomic mass is 9.92. The molecule has 7 nitrogen and oxygen atoms in total. The number of carbonyl (C=O) groups is 2. The predicted molar refractivity (Wildman–Crippen MR) is 88.6 cm³/mol. The van der Waals surface area contributed by atoms with E-state index in [4.69, 9.17) is 23.2 Å². The SMILES string of the molecule is CCn1nncc1CN1C(=O)N[C@](C)(c2ccc(Cl)c(Cl)c2)C1=O. The van der Waals surface area contributed by atoms with Gasteiger partial charge in [-0.15, -0.1) is 5.10 Å². The summed E-state index contributed by atoms with van der Waals surface area (Å²) in [4.78, 5) is 26.4. The van der Waals surface area contributed by atoms with Crippen LogP contribution in [0.15, 0.2) is 24.4 Å². The van der Waals surface area contributed by atoms with E-state index in [2.05, 4.69) is 15.6 Å². The van der Waals surface area contributed by atoms with Gasteiger partial charge < -0.3 is 5.32 Å². The quantitative estimate of drug-likeness (QED) is 0.842. The van der Waals surface area contributed by atoms with Gasteiger partial charge in [-0.25, -0.2) is 9.48 Å². The number of urea groups is 1. The monoisotopic (exact) mass is 367 g/mol. The van der Waals surface area contributed by atoms with Crippen LogP contribution in [0.1, 0.15) is 25.1 Å². The topological polar surface area (TPSA) is 80.1 Å². The zero-order valence-electron chi connectivity index (χ0n) is 13.1. The average Bonchev–Trinajstić information content (AvgIpc) is 3.09. The van der Waals surface area contributed by atoms with E-state index in [1.165, 1.54) is 0 Å². The van der Waals surface area contributed by atoms with Crippen molar-refractivity contribution in [2.75, 3.05) is 0 Å². The second-order valence-corrected chi connectivity index (χ2v) is 6.43. The van der Waals surface area contributed by atoms with Crippen molar-refractivity contribution in [3.8, 4) is 0 Å². The summed E-state index contributed by atoms with van der Waals surface area (Å²) in [5.41, 5.74) is 0.0507. The highest BCUT2D eigenvalue weighted by atomic mass is 35.5. The Hall–Kier alpha value is -2.12. The van der Waals surface area contributed by atoms with Crippen LogP contribution in [0.2, 0.25) is 10.0 Å². The van der Waals surface area contributed by atoms with Crippen molar-refractivity contribution in [3.05, 3.63) is 45.7 Å². The Balaban J connectivity index is 1.91. The first-order chi connectivity index (χ1) is 11.4. The summed E-state index contributed by atoms with van der Waals surface area (Å²) in [7, 11) is 0. The van der Waals surface area contributed by atoms with Crippen LogP contribution in [0.5, 0.6) is 0 Å². The van der Waals surface area contributed by atoms with Crippen LogP contribution in [0.25, 0.3) is 0 Å². The van der Waals surface area contributed by atoms with Gasteiger partial charge in [-0.3, -0.25) is 9.69 Å². The van der Waals surface area contributed by atoms with Gasteiger partial charge in [0.2, 0.25) is 0 Å². The molecule has 1 saturated heterocycles. The molecule has 0 bridgehead atoms. The standard InChI is InChI=1S/C15H15Cl2N5O2/c1-3-22-10(7-18-20-22)8-21-13(23)15(2,19-14(21)24)9-4-5-11(16)12(17)6-9/h4-7H,3,8H2,1-2H3,(H,19,24)/t15-/m1/s1. The van der Waals surface area contributed by atoms with Crippen LogP contribution in [0, 0.1) is 0 Å². The Morgan fingerprint density at radius 2 is 2.00 bits per heavy atom. The first-order valence-electron chi connectivity index (χ1n) is 7.34. The summed E-state index contributed by atoms with van der Waals surface area (Å²) < 4.78 is 1.63. The molecular formula is C15H15Cl2N5O2. The molecule has 0 aliphatic carbocycles. The van der Waals surface area contributed by atoms with Gasteiger partial charge >= 0.3 is 6.03 Å². The maximum atomic E-state index is 12.9. The summed E-state index contributed by atoms with van der Waals surface area (Å²) in [6, 6.07) is 4.39. The lowest BCUT2D eigenvalue weighted by Gasteiger charge is -2.22. The number of hydrogen-bond donors (Lipinski definition) is 1. The number of imide groups is 1. The van der Waals surface area contributed by atoms with Crippen molar-refractivity contribution in [3.63, 3.8) is 0 Å². The number of amides is 3. The molecule has 1 aliphatic heterocycles. The van der Waals surface area contributed by atoms with Crippen LogP contribution in [0.4, 0.5) is 4.79 Å². The predicted octanol–water partition coefficient (Wildman–Crippen LogP) is 2.57. The molecule has 1 aromatic heterocycles. The summed E-state index contributed by atoms with van der Waals surface area (Å²) in [6.07, 6.45) is 1.54. The van der Waals surface area contributed by atoms with Crippen molar-refractivity contribution < 1.29 is 9.59 Å². The molecule has 2 aromatic rings. The molecule has 1 fully saturated rings. The largest absolute Gasteiger partial charge is 0.325 e. The van der Waals surface area contributed by atoms with E-state index in [0.717, 1.165) is 4.90 Å². The van der Waals surface area contributed by atoms with Crippen LogP contribution in [0.3, 0.4) is 0 Å². The Morgan fingerprint density at radius 3 is 2.67 bits per heavy atom. The highest BCUT2D eigenvalue weighted by Gasteiger charge is 2.49. The summed E-state index contributed by atoms with van der Waals surface area (Å²) in [5.74, 6) is -0.366. The summed E-state index contributed by atoms with van der Waals surface area (Å²) in [6.45, 7) is 4.25. The summed E-state index contributed by atoms with van der Waals surface area (Å²) in [5, 5.41) is 11.2. The van der Waals surface area contributed by atoms with E-state index < -0.39 is 11.6 Å². The number of benzene rings is 1. The molecule has 24 heavy (non-hydrogen) atoms. The molecule has 9 heteroatoms. The number of nitrogens with one attached hydrogen (secondary N) is 1. The average molecular weight is 368 g/mol. The third kappa shape index (κ3) is 2.63. The molecule has 1 atom stereocenters. The van der Waals surface area contributed by atoms with Gasteiger partial charge in [0, 0.05) is 6.54 Å². The number of rotatable bonds is 4. The van der Waals surface area contributed by atoms with Gasteiger partial charge in [0.1, 0.15) is 5.54 Å². The highest BCUT2D eigenvalue weighted by molar-refractivity contribution is 6.42. The van der Waals surface area contributed by atoms with Crippen LogP contribution < -0.4 is 5.32 Å².